The molecule has 1 atom stereocenters. The number of anilines is 1. The molecular weight excluding hydrogens is 262 g/mol. The van der Waals surface area contributed by atoms with Crippen molar-refractivity contribution in [2.75, 3.05) is 24.6 Å². The first-order chi connectivity index (χ1) is 10.3. The predicted octanol–water partition coefficient (Wildman–Crippen LogP) is 2.92. The van der Waals surface area contributed by atoms with Gasteiger partial charge in [0, 0.05) is 23.3 Å². The van der Waals surface area contributed by atoms with Gasteiger partial charge in [0.25, 0.3) is 0 Å². The van der Waals surface area contributed by atoms with E-state index in [-0.39, 0.29) is 6.10 Å². The number of morpholine rings is 1. The highest BCUT2D eigenvalue weighted by atomic mass is 16.5. The van der Waals surface area contributed by atoms with E-state index >= 15 is 0 Å². The van der Waals surface area contributed by atoms with Crippen LogP contribution in [0, 0.1) is 11.3 Å². The zero-order chi connectivity index (χ0) is 14.7. The Morgan fingerprint density at radius 2 is 2.29 bits per heavy atom. The quantitative estimate of drug-likeness (QED) is 0.868. The number of hydrogen-bond acceptors (Lipinski definition) is 4. The average molecular weight is 281 g/mol. The van der Waals surface area contributed by atoms with Crippen LogP contribution in [0.15, 0.2) is 30.3 Å². The minimum Gasteiger partial charge on any atom is -0.365 e. The lowest BCUT2D eigenvalue weighted by Crippen LogP contribution is -2.42. The second-order valence-electron chi connectivity index (χ2n) is 5.33. The predicted molar refractivity (Wildman–Crippen MR) is 83.3 cm³/mol. The highest BCUT2D eigenvalue weighted by Crippen LogP contribution is 2.28. The Morgan fingerprint density at radius 1 is 1.43 bits per heavy atom. The first-order valence-electron chi connectivity index (χ1n) is 7.46. The molecule has 4 heteroatoms. The average Bonchev–Trinajstić information content (AvgIpc) is 2.54. The molecule has 1 fully saturated rings. The van der Waals surface area contributed by atoms with E-state index < -0.39 is 0 Å². The molecular formula is C17H19N3O. The summed E-state index contributed by atoms with van der Waals surface area (Å²) < 4.78 is 5.45. The second-order valence-corrected chi connectivity index (χ2v) is 5.33. The minimum atomic E-state index is -0.347. The Balaban J connectivity index is 2.05. The van der Waals surface area contributed by atoms with Crippen LogP contribution in [-0.2, 0) is 11.2 Å². The maximum Gasteiger partial charge on any atom is 0.161 e. The van der Waals surface area contributed by atoms with Crippen molar-refractivity contribution in [2.45, 2.75) is 25.9 Å². The summed E-state index contributed by atoms with van der Waals surface area (Å²) in [6.07, 6.45) is 1.71. The summed E-state index contributed by atoms with van der Waals surface area (Å²) in [5.41, 5.74) is 3.32. The van der Waals surface area contributed by atoms with Crippen LogP contribution in [0.2, 0.25) is 0 Å². The van der Waals surface area contributed by atoms with Gasteiger partial charge in [0.05, 0.1) is 24.7 Å². The van der Waals surface area contributed by atoms with Crippen LogP contribution in [0.4, 0.5) is 5.69 Å². The van der Waals surface area contributed by atoms with Crippen LogP contribution in [0.3, 0.4) is 0 Å². The third-order valence-corrected chi connectivity index (χ3v) is 3.80. The van der Waals surface area contributed by atoms with Crippen LogP contribution in [0.25, 0.3) is 10.9 Å². The summed E-state index contributed by atoms with van der Waals surface area (Å²) in [6, 6.07) is 12.6. The number of para-hydroxylation sites is 1. The topological polar surface area (TPSA) is 49.1 Å². The lowest BCUT2D eigenvalue weighted by molar-refractivity contribution is 0.0765. The Labute approximate surface area is 125 Å². The number of ether oxygens (including phenoxy) is 1. The normalized spacial score (nSPS) is 18.7. The van der Waals surface area contributed by atoms with Gasteiger partial charge in [-0.15, -0.1) is 0 Å². The molecule has 1 aliphatic heterocycles. The van der Waals surface area contributed by atoms with Crippen molar-refractivity contribution in [2.24, 2.45) is 0 Å². The maximum absolute atomic E-state index is 9.09. The second kappa shape index (κ2) is 6.11. The zero-order valence-electron chi connectivity index (χ0n) is 12.2. The molecule has 108 valence electrons. The first-order valence-corrected chi connectivity index (χ1v) is 7.46. The number of rotatable bonds is 3. The van der Waals surface area contributed by atoms with Gasteiger partial charge in [-0.3, -0.25) is 4.98 Å². The molecule has 0 aliphatic carbocycles. The van der Waals surface area contributed by atoms with Gasteiger partial charge in [0.15, 0.2) is 6.10 Å². The molecule has 0 radical (unpaired) electrons. The van der Waals surface area contributed by atoms with Gasteiger partial charge < -0.3 is 9.64 Å². The fourth-order valence-electron chi connectivity index (χ4n) is 2.80. The van der Waals surface area contributed by atoms with Gasteiger partial charge in [0.1, 0.15) is 0 Å². The summed E-state index contributed by atoms with van der Waals surface area (Å²) in [5, 5.41) is 10.2. The highest BCUT2D eigenvalue weighted by molar-refractivity contribution is 5.92. The molecule has 2 aromatic rings. The lowest BCUT2D eigenvalue weighted by atomic mass is 10.1. The summed E-state index contributed by atoms with van der Waals surface area (Å²) in [7, 11) is 0. The first kappa shape index (κ1) is 13.8. The van der Waals surface area contributed by atoms with Crippen LogP contribution in [-0.4, -0.2) is 30.8 Å². The number of fused-ring (bicyclic) bond motifs is 1. The van der Waals surface area contributed by atoms with E-state index in [1.165, 1.54) is 5.69 Å². The molecule has 4 nitrogen and oxygen atoms in total. The molecule has 1 aromatic heterocycles. The molecule has 2 heterocycles. The SMILES string of the molecule is CCCc1cc(N2CCOC(C#N)C2)c2ccccc2n1. The fraction of sp³-hybridized carbons (Fsp3) is 0.412. The van der Waals surface area contributed by atoms with Crippen molar-refractivity contribution in [1.82, 2.24) is 4.98 Å². The smallest absolute Gasteiger partial charge is 0.161 e. The monoisotopic (exact) mass is 281 g/mol. The zero-order valence-corrected chi connectivity index (χ0v) is 12.2. The molecule has 3 rings (SSSR count). The van der Waals surface area contributed by atoms with Crippen LogP contribution >= 0.6 is 0 Å². The minimum absolute atomic E-state index is 0.347. The van der Waals surface area contributed by atoms with E-state index in [0.29, 0.717) is 13.2 Å². The van der Waals surface area contributed by atoms with E-state index in [1.807, 2.05) is 12.1 Å². The summed E-state index contributed by atoms with van der Waals surface area (Å²) in [4.78, 5) is 6.99. The third kappa shape index (κ3) is 2.84. The molecule has 21 heavy (non-hydrogen) atoms. The van der Waals surface area contributed by atoms with Crippen molar-refractivity contribution in [3.05, 3.63) is 36.0 Å². The van der Waals surface area contributed by atoms with Crippen molar-refractivity contribution in [3.8, 4) is 6.07 Å². The number of nitriles is 1. The molecule has 0 N–H and O–H groups in total. The van der Waals surface area contributed by atoms with Gasteiger partial charge in [-0.2, -0.15) is 5.26 Å². The van der Waals surface area contributed by atoms with Crippen LogP contribution in [0.1, 0.15) is 19.0 Å². The molecule has 1 saturated heterocycles. The Kier molecular flexibility index (Phi) is 4.03. The number of nitrogens with zero attached hydrogens (tertiary/aromatic N) is 3. The van der Waals surface area contributed by atoms with E-state index in [0.717, 1.165) is 36.0 Å². The van der Waals surface area contributed by atoms with Gasteiger partial charge in [-0.1, -0.05) is 31.5 Å². The summed E-state index contributed by atoms with van der Waals surface area (Å²) in [6.45, 7) is 4.20. The number of benzene rings is 1. The van der Waals surface area contributed by atoms with Crippen molar-refractivity contribution in [3.63, 3.8) is 0 Å². The molecule has 1 aromatic carbocycles. The summed E-state index contributed by atoms with van der Waals surface area (Å²) >= 11 is 0. The highest BCUT2D eigenvalue weighted by Gasteiger charge is 2.22. The number of aromatic nitrogens is 1. The van der Waals surface area contributed by atoms with Crippen molar-refractivity contribution in [1.29, 1.82) is 5.26 Å². The molecule has 0 spiro atoms. The lowest BCUT2D eigenvalue weighted by Gasteiger charge is -2.32. The molecule has 1 aliphatic rings. The molecule has 0 amide bonds. The van der Waals surface area contributed by atoms with E-state index in [9.17, 15) is 0 Å². The standard InChI is InChI=1S/C17H19N3O/c1-2-5-13-10-17(15-6-3-4-7-16(15)19-13)20-8-9-21-14(11-18)12-20/h3-4,6-7,10,14H,2,5,8-9,12H2,1H3. The van der Waals surface area contributed by atoms with Gasteiger partial charge in [-0.25, -0.2) is 0 Å². The molecule has 0 saturated carbocycles. The molecule has 0 bridgehead atoms. The Morgan fingerprint density at radius 3 is 3.10 bits per heavy atom. The fourth-order valence-corrected chi connectivity index (χ4v) is 2.80. The largest absolute Gasteiger partial charge is 0.365 e. The number of pyridine rings is 1. The number of aryl methyl sites for hydroxylation is 1. The maximum atomic E-state index is 9.09. The van der Waals surface area contributed by atoms with E-state index in [2.05, 4.69) is 36.1 Å². The molecule has 1 unspecified atom stereocenters. The van der Waals surface area contributed by atoms with Gasteiger partial charge in [0.2, 0.25) is 0 Å². The Hall–Kier alpha value is -2.12. The van der Waals surface area contributed by atoms with Crippen molar-refractivity contribution >= 4 is 16.6 Å². The van der Waals surface area contributed by atoms with E-state index in [1.54, 1.807) is 0 Å². The van der Waals surface area contributed by atoms with E-state index in [4.69, 9.17) is 15.0 Å². The number of hydrogen-bond donors (Lipinski definition) is 0. The van der Waals surface area contributed by atoms with Crippen LogP contribution < -0.4 is 4.90 Å². The van der Waals surface area contributed by atoms with Crippen molar-refractivity contribution < 1.29 is 4.74 Å². The summed E-state index contributed by atoms with van der Waals surface area (Å²) in [5.74, 6) is 0. The Bertz CT molecular complexity index is 677. The van der Waals surface area contributed by atoms with Crippen LogP contribution in [0.5, 0.6) is 0 Å². The third-order valence-electron chi connectivity index (χ3n) is 3.80. The van der Waals surface area contributed by atoms with Gasteiger partial charge in [-0.05, 0) is 18.6 Å². The van der Waals surface area contributed by atoms with Gasteiger partial charge >= 0.3 is 0 Å².